The predicted molar refractivity (Wildman–Crippen MR) is 57.5 cm³/mol. The first-order chi connectivity index (χ1) is 8.65. The van der Waals surface area contributed by atoms with Crippen molar-refractivity contribution in [1.29, 1.82) is 0 Å². The van der Waals surface area contributed by atoms with Crippen LogP contribution in [0.15, 0.2) is 0 Å². The number of urea groups is 1. The lowest BCUT2D eigenvalue weighted by Crippen LogP contribution is -2.50. The summed E-state index contributed by atoms with van der Waals surface area (Å²) in [5.74, 6) is -1.34. The third-order valence-corrected chi connectivity index (χ3v) is 2.83. The molecule has 9 heteroatoms. The molecule has 19 heavy (non-hydrogen) atoms. The van der Waals surface area contributed by atoms with Crippen LogP contribution >= 0.6 is 0 Å². The molecule has 0 aromatic carbocycles. The highest BCUT2D eigenvalue weighted by Gasteiger charge is 2.42. The van der Waals surface area contributed by atoms with Gasteiger partial charge in [0, 0.05) is 19.5 Å². The first-order valence-corrected chi connectivity index (χ1v) is 5.69. The molecule has 110 valence electrons. The fraction of sp³-hybridized carbons (Fsp3) is 0.800. The first-order valence-electron chi connectivity index (χ1n) is 5.69. The minimum Gasteiger partial charge on any atom is -0.480 e. The summed E-state index contributed by atoms with van der Waals surface area (Å²) in [5, 5.41) is 18.2. The Bertz CT molecular complexity index is 361. The minimum absolute atomic E-state index is 0.176. The molecule has 2 atom stereocenters. The van der Waals surface area contributed by atoms with Gasteiger partial charge in [0.05, 0.1) is 6.10 Å². The second kappa shape index (κ2) is 5.64. The van der Waals surface area contributed by atoms with Crippen molar-refractivity contribution in [1.82, 2.24) is 9.80 Å². The SMILES string of the molecule is CCN(CC(F)(F)F)C(=O)N1C[C@H](O)C[C@H]1C(=O)O. The van der Waals surface area contributed by atoms with E-state index in [1.165, 1.54) is 6.92 Å². The molecule has 1 aliphatic heterocycles. The summed E-state index contributed by atoms with van der Waals surface area (Å²) in [5.41, 5.74) is 0. The van der Waals surface area contributed by atoms with Gasteiger partial charge in [-0.15, -0.1) is 0 Å². The van der Waals surface area contributed by atoms with Gasteiger partial charge in [0.2, 0.25) is 0 Å². The molecule has 0 radical (unpaired) electrons. The zero-order valence-corrected chi connectivity index (χ0v) is 10.2. The van der Waals surface area contributed by atoms with Crippen molar-refractivity contribution < 1.29 is 33.0 Å². The minimum atomic E-state index is -4.55. The molecule has 1 heterocycles. The van der Waals surface area contributed by atoms with Gasteiger partial charge < -0.3 is 20.0 Å². The summed E-state index contributed by atoms with van der Waals surface area (Å²) in [4.78, 5) is 24.1. The summed E-state index contributed by atoms with van der Waals surface area (Å²) in [6, 6.07) is -2.31. The molecule has 0 spiro atoms. The maximum absolute atomic E-state index is 12.3. The van der Waals surface area contributed by atoms with Gasteiger partial charge in [-0.3, -0.25) is 0 Å². The number of amides is 2. The van der Waals surface area contributed by atoms with Crippen LogP contribution in [0.4, 0.5) is 18.0 Å². The predicted octanol–water partition coefficient (Wildman–Crippen LogP) is 0.510. The van der Waals surface area contributed by atoms with Crippen molar-refractivity contribution in [3.05, 3.63) is 0 Å². The molecule has 0 aromatic heterocycles. The lowest BCUT2D eigenvalue weighted by molar-refractivity contribution is -0.143. The van der Waals surface area contributed by atoms with E-state index in [4.69, 9.17) is 5.11 Å². The zero-order valence-electron chi connectivity index (χ0n) is 10.2. The Hall–Kier alpha value is -1.51. The van der Waals surface area contributed by atoms with E-state index in [2.05, 4.69) is 0 Å². The maximum Gasteiger partial charge on any atom is 0.406 e. The van der Waals surface area contributed by atoms with Crippen molar-refractivity contribution in [3.8, 4) is 0 Å². The van der Waals surface area contributed by atoms with E-state index in [-0.39, 0.29) is 19.5 Å². The van der Waals surface area contributed by atoms with Crippen molar-refractivity contribution in [2.75, 3.05) is 19.6 Å². The van der Waals surface area contributed by atoms with Crippen LogP contribution in [-0.2, 0) is 4.79 Å². The van der Waals surface area contributed by atoms with Crippen molar-refractivity contribution in [3.63, 3.8) is 0 Å². The summed E-state index contributed by atoms with van der Waals surface area (Å²) in [7, 11) is 0. The molecule has 2 N–H and O–H groups in total. The summed E-state index contributed by atoms with van der Waals surface area (Å²) in [6.45, 7) is -0.547. The van der Waals surface area contributed by atoms with Gasteiger partial charge in [-0.2, -0.15) is 13.2 Å². The number of alkyl halides is 3. The van der Waals surface area contributed by atoms with E-state index in [1.807, 2.05) is 0 Å². The van der Waals surface area contributed by atoms with Gasteiger partial charge in [0.25, 0.3) is 0 Å². The third kappa shape index (κ3) is 3.98. The molecule has 0 aromatic rings. The maximum atomic E-state index is 12.3. The highest BCUT2D eigenvalue weighted by molar-refractivity contribution is 5.83. The monoisotopic (exact) mass is 284 g/mol. The van der Waals surface area contributed by atoms with Crippen molar-refractivity contribution in [2.24, 2.45) is 0 Å². The van der Waals surface area contributed by atoms with E-state index in [1.54, 1.807) is 0 Å². The Morgan fingerprint density at radius 3 is 2.42 bits per heavy atom. The number of aliphatic hydroxyl groups is 1. The first kappa shape index (κ1) is 15.5. The van der Waals surface area contributed by atoms with Crippen LogP contribution in [0.2, 0.25) is 0 Å². The van der Waals surface area contributed by atoms with E-state index >= 15 is 0 Å². The molecule has 0 aliphatic carbocycles. The molecular formula is C10H15F3N2O4. The topological polar surface area (TPSA) is 81.1 Å². The number of carboxylic acids is 1. The van der Waals surface area contributed by atoms with Crippen molar-refractivity contribution in [2.45, 2.75) is 31.7 Å². The molecule has 0 saturated carbocycles. The third-order valence-electron chi connectivity index (χ3n) is 2.83. The Labute approximate surface area is 107 Å². The standard InChI is InChI=1S/C10H15F3N2O4/c1-2-14(5-10(11,12)13)9(19)15-4-6(16)3-7(15)8(17)18/h6-7,16H,2-5H2,1H3,(H,17,18)/t6-,7+/m1/s1. The largest absolute Gasteiger partial charge is 0.480 e. The quantitative estimate of drug-likeness (QED) is 0.791. The van der Waals surface area contributed by atoms with Crippen LogP contribution in [0.5, 0.6) is 0 Å². The van der Waals surface area contributed by atoms with Gasteiger partial charge in [-0.1, -0.05) is 0 Å². The van der Waals surface area contributed by atoms with Crippen LogP contribution in [0, 0.1) is 0 Å². The normalized spacial score (nSPS) is 23.5. The van der Waals surface area contributed by atoms with Gasteiger partial charge in [0.1, 0.15) is 12.6 Å². The molecule has 1 rings (SSSR count). The van der Waals surface area contributed by atoms with Crippen LogP contribution in [0.3, 0.4) is 0 Å². The number of aliphatic hydroxyl groups excluding tert-OH is 1. The molecule has 1 aliphatic rings. The molecule has 0 bridgehead atoms. The number of aliphatic carboxylic acids is 1. The Balaban J connectivity index is 2.81. The van der Waals surface area contributed by atoms with Gasteiger partial charge >= 0.3 is 18.2 Å². The second-order valence-corrected chi connectivity index (χ2v) is 4.31. The second-order valence-electron chi connectivity index (χ2n) is 4.31. The number of halogens is 3. The number of nitrogens with zero attached hydrogens (tertiary/aromatic N) is 2. The summed E-state index contributed by atoms with van der Waals surface area (Å²) >= 11 is 0. The van der Waals surface area contributed by atoms with Crippen LogP contribution in [0.1, 0.15) is 13.3 Å². The van der Waals surface area contributed by atoms with E-state index in [9.17, 15) is 27.9 Å². The Morgan fingerprint density at radius 2 is 2.00 bits per heavy atom. The lowest BCUT2D eigenvalue weighted by atomic mass is 10.2. The highest BCUT2D eigenvalue weighted by Crippen LogP contribution is 2.22. The highest BCUT2D eigenvalue weighted by atomic mass is 19.4. The van der Waals surface area contributed by atoms with E-state index < -0.39 is 36.9 Å². The number of carbonyl (C=O) groups excluding carboxylic acids is 1. The van der Waals surface area contributed by atoms with Gasteiger partial charge in [0.15, 0.2) is 0 Å². The molecule has 0 unspecified atom stereocenters. The van der Waals surface area contributed by atoms with Crippen LogP contribution in [-0.4, -0.2) is 70.0 Å². The Kier molecular flexibility index (Phi) is 4.61. The van der Waals surface area contributed by atoms with Crippen LogP contribution < -0.4 is 0 Å². The Morgan fingerprint density at radius 1 is 1.42 bits per heavy atom. The number of carbonyl (C=O) groups is 2. The average Bonchev–Trinajstić information content (AvgIpc) is 2.66. The van der Waals surface area contributed by atoms with Gasteiger partial charge in [-0.25, -0.2) is 9.59 Å². The summed E-state index contributed by atoms with van der Waals surface area (Å²) in [6.07, 6.45) is -5.76. The summed E-state index contributed by atoms with van der Waals surface area (Å²) < 4.78 is 36.9. The fourth-order valence-corrected chi connectivity index (χ4v) is 1.97. The lowest BCUT2D eigenvalue weighted by Gasteiger charge is -2.29. The molecular weight excluding hydrogens is 269 g/mol. The molecule has 1 fully saturated rings. The van der Waals surface area contributed by atoms with E-state index in [0.29, 0.717) is 4.90 Å². The van der Waals surface area contributed by atoms with Gasteiger partial charge in [-0.05, 0) is 6.92 Å². The number of hydrogen-bond acceptors (Lipinski definition) is 3. The average molecular weight is 284 g/mol. The molecule has 2 amide bonds. The number of carboxylic acid groups (broad SMARTS) is 1. The van der Waals surface area contributed by atoms with Crippen molar-refractivity contribution >= 4 is 12.0 Å². The number of hydrogen-bond donors (Lipinski definition) is 2. The zero-order chi connectivity index (χ0) is 14.8. The molecule has 6 nitrogen and oxygen atoms in total. The molecule has 1 saturated heterocycles. The fourth-order valence-electron chi connectivity index (χ4n) is 1.97. The smallest absolute Gasteiger partial charge is 0.406 e. The van der Waals surface area contributed by atoms with Crippen LogP contribution in [0.25, 0.3) is 0 Å². The van der Waals surface area contributed by atoms with E-state index in [0.717, 1.165) is 4.90 Å². The number of β-amino-alcohol motifs (C(OH)–C–C–N with tert-alkyl or cyclic N) is 1. The number of rotatable bonds is 3. The number of likely N-dealkylation sites (tertiary alicyclic amines) is 1.